The first kappa shape index (κ1) is 35.9. The molecule has 3 aliphatic rings. The number of aromatic nitrogens is 8. The summed E-state index contributed by atoms with van der Waals surface area (Å²) < 4.78 is 27.4. The van der Waals surface area contributed by atoms with Crippen LogP contribution in [0, 0.1) is 0 Å². The quantitative estimate of drug-likeness (QED) is 0.0814. The van der Waals surface area contributed by atoms with Crippen LogP contribution in [0.3, 0.4) is 0 Å². The van der Waals surface area contributed by atoms with E-state index in [-0.39, 0.29) is 53.9 Å². The van der Waals surface area contributed by atoms with Gasteiger partial charge in [0, 0.05) is 13.1 Å². The zero-order chi connectivity index (χ0) is 37.1. The number of nitrogens with one attached hydrogen (secondary N) is 2. The Morgan fingerprint density at radius 3 is 1.67 bits per heavy atom. The number of allylic oxidation sites excluding steroid dienone is 2. The second-order valence-electron chi connectivity index (χ2n) is 12.4. The molecule has 0 radical (unpaired) electrons. The van der Waals surface area contributed by atoms with Crippen LogP contribution in [0.4, 0.5) is 11.9 Å². The van der Waals surface area contributed by atoms with Crippen LogP contribution in [0.25, 0.3) is 22.3 Å². The maximum atomic E-state index is 13.1. The lowest BCUT2D eigenvalue weighted by Gasteiger charge is -2.23. The number of imidazole rings is 2. The van der Waals surface area contributed by atoms with E-state index in [1.54, 1.807) is 13.8 Å². The van der Waals surface area contributed by atoms with E-state index >= 15 is 0 Å². The monoisotopic (exact) mass is 718 g/mol. The minimum Gasteiger partial charge on any atom is -0.394 e. The summed E-state index contributed by atoms with van der Waals surface area (Å²) in [6, 6.07) is 0. The van der Waals surface area contributed by atoms with Gasteiger partial charge in [-0.3, -0.25) is 28.7 Å². The number of nitrogen functional groups attached to an aromatic ring is 2. The van der Waals surface area contributed by atoms with Gasteiger partial charge in [0.15, 0.2) is 40.6 Å². The number of aromatic amines is 2. The summed E-state index contributed by atoms with van der Waals surface area (Å²) in [5.41, 5.74) is 8.78. The molecule has 3 aliphatic heterocycles. The van der Waals surface area contributed by atoms with Gasteiger partial charge in [-0.05, 0) is 13.8 Å². The number of ether oxygens (including phenoxy) is 4. The minimum atomic E-state index is -1.50. The van der Waals surface area contributed by atoms with Crippen LogP contribution in [0.15, 0.2) is 44.5 Å². The molecule has 3 fully saturated rings. The van der Waals surface area contributed by atoms with Gasteiger partial charge in [-0.2, -0.15) is 9.97 Å². The first-order valence-corrected chi connectivity index (χ1v) is 15.6. The lowest BCUT2D eigenvalue weighted by Crippen LogP contribution is -2.36. The van der Waals surface area contributed by atoms with Crippen LogP contribution in [-0.4, -0.2) is 114 Å². The summed E-state index contributed by atoms with van der Waals surface area (Å²) in [6.45, 7) is 9.88. The normalized spacial score (nSPS) is 28.2. The molecule has 7 rings (SSSR count). The first-order valence-electron chi connectivity index (χ1n) is 15.6. The molecule has 22 nitrogen and oxygen atoms in total. The number of hydrogen-bond acceptors (Lipinski definition) is 16. The van der Waals surface area contributed by atoms with Crippen molar-refractivity contribution in [3.63, 3.8) is 0 Å². The molecule has 2 unspecified atom stereocenters. The van der Waals surface area contributed by atoms with E-state index in [0.717, 1.165) is 9.13 Å². The molecule has 4 aromatic rings. The highest BCUT2D eigenvalue weighted by atomic mass is 16.8. The number of hydrogen-bond donors (Lipinski definition) is 8. The third kappa shape index (κ3) is 5.89. The van der Waals surface area contributed by atoms with Gasteiger partial charge in [-0.25, -0.2) is 18.7 Å². The average Bonchev–Trinajstić information content (AvgIpc) is 3.79. The third-order valence-electron chi connectivity index (χ3n) is 8.61. The van der Waals surface area contributed by atoms with E-state index in [0.29, 0.717) is 0 Å². The van der Waals surface area contributed by atoms with Gasteiger partial charge in [-0.15, -0.1) is 13.2 Å². The van der Waals surface area contributed by atoms with Crippen LogP contribution >= 0.6 is 0 Å². The number of aliphatic hydroxyl groups excluding tert-OH is 4. The Kier molecular flexibility index (Phi) is 9.36. The molecule has 0 amide bonds. The van der Waals surface area contributed by atoms with Crippen LogP contribution in [-0.2, 0) is 32.0 Å². The zero-order valence-corrected chi connectivity index (χ0v) is 27.4. The smallest absolute Gasteiger partial charge is 0.333 e. The first-order chi connectivity index (χ1) is 24.2. The molecule has 0 aromatic carbocycles. The standard InChI is InChI=1S/C16H21N5O6.C13H17N5O6/c1-4-5-20-8-11(18-14(17)19-12(8)23)21(15(20)24)13-10-9(7(6-22)25-13)26-16(2,3)27-10;1-2-3-17-6-9(15-12(14)16-10(6)22)18(13(17)23)11-8(21)7(20)5(4-19)24-11/h4,7,9-10,13,22H,1,5-6H2,2-3H3,(H3,17,18,19,23);2,5,7-8,11,19-21H,1,3-4H2,(H3,14,15,16,22)/t7-,9-,10-,13?;5-,7-,8-,11?/m11/s1. The van der Waals surface area contributed by atoms with Gasteiger partial charge < -0.3 is 50.8 Å². The van der Waals surface area contributed by atoms with Crippen LogP contribution < -0.4 is 34.0 Å². The number of fused-ring (bicyclic) bond motifs is 3. The molecule has 3 saturated heterocycles. The highest BCUT2D eigenvalue weighted by Crippen LogP contribution is 2.43. The van der Waals surface area contributed by atoms with Crippen molar-refractivity contribution in [3.8, 4) is 0 Å². The SMILES string of the molecule is C=CCn1c(=O)n(C2O[C@H](CO)[C@@H](O)[C@H]2O)c2nc(N)[nH]c(=O)c21.C=CCn1c(=O)n(C2O[C@H](CO)[C@H]3OC(C)(C)O[C@@H]23)c2nc(N)[nH]c(=O)c21. The van der Waals surface area contributed by atoms with Crippen molar-refractivity contribution in [3.05, 3.63) is 67.0 Å². The minimum absolute atomic E-state index is 0.0197. The fraction of sp³-hybridized carbons (Fsp3) is 0.517. The molecule has 8 atom stereocenters. The topological polar surface area (TPSA) is 315 Å². The van der Waals surface area contributed by atoms with E-state index in [2.05, 4.69) is 33.1 Å². The highest BCUT2D eigenvalue weighted by molar-refractivity contribution is 5.72. The fourth-order valence-electron chi connectivity index (χ4n) is 6.56. The number of aliphatic hydroxyl groups is 4. The molecule has 51 heavy (non-hydrogen) atoms. The van der Waals surface area contributed by atoms with E-state index in [9.17, 15) is 39.6 Å². The molecule has 7 heterocycles. The third-order valence-corrected chi connectivity index (χ3v) is 8.61. The van der Waals surface area contributed by atoms with Crippen LogP contribution in [0.5, 0.6) is 0 Å². The highest BCUT2D eigenvalue weighted by Gasteiger charge is 2.56. The molecule has 4 aromatic heterocycles. The Morgan fingerprint density at radius 1 is 0.765 bits per heavy atom. The molecular formula is C29H38N10O12. The Bertz CT molecular complexity index is 2230. The number of anilines is 2. The molecule has 0 spiro atoms. The molecule has 276 valence electrons. The molecular weight excluding hydrogens is 680 g/mol. The average molecular weight is 719 g/mol. The molecule has 0 aliphatic carbocycles. The van der Waals surface area contributed by atoms with Crippen molar-refractivity contribution in [2.75, 3.05) is 24.7 Å². The fourth-order valence-corrected chi connectivity index (χ4v) is 6.56. The van der Waals surface area contributed by atoms with Gasteiger partial charge in [0.2, 0.25) is 11.9 Å². The van der Waals surface area contributed by atoms with Crippen LogP contribution in [0.1, 0.15) is 26.3 Å². The molecule has 0 bridgehead atoms. The Balaban J connectivity index is 0.000000177. The zero-order valence-electron chi connectivity index (χ0n) is 27.4. The lowest BCUT2D eigenvalue weighted by atomic mass is 10.1. The Labute approximate surface area is 285 Å². The summed E-state index contributed by atoms with van der Waals surface area (Å²) >= 11 is 0. The number of nitrogens with zero attached hydrogens (tertiary/aromatic N) is 6. The van der Waals surface area contributed by atoms with Crippen molar-refractivity contribution in [2.45, 2.75) is 81.8 Å². The second kappa shape index (κ2) is 13.3. The lowest BCUT2D eigenvalue weighted by molar-refractivity contribution is -0.200. The predicted octanol–water partition coefficient (Wildman–Crippen LogP) is -3.67. The largest absolute Gasteiger partial charge is 0.394 e. The van der Waals surface area contributed by atoms with Gasteiger partial charge in [0.25, 0.3) is 11.1 Å². The number of H-pyrrole nitrogens is 2. The van der Waals surface area contributed by atoms with E-state index in [1.807, 2.05) is 0 Å². The van der Waals surface area contributed by atoms with Gasteiger partial charge in [-0.1, -0.05) is 12.2 Å². The summed E-state index contributed by atoms with van der Waals surface area (Å²) in [5, 5.41) is 38.9. The van der Waals surface area contributed by atoms with E-state index < -0.39 is 84.0 Å². The summed E-state index contributed by atoms with van der Waals surface area (Å²) in [5.74, 6) is -1.25. The number of rotatable bonds is 8. The van der Waals surface area contributed by atoms with E-state index in [4.69, 9.17) is 30.4 Å². The Hall–Kier alpha value is -4.94. The van der Waals surface area contributed by atoms with Crippen LogP contribution in [0.2, 0.25) is 0 Å². The predicted molar refractivity (Wildman–Crippen MR) is 176 cm³/mol. The van der Waals surface area contributed by atoms with Crippen molar-refractivity contribution < 1.29 is 39.4 Å². The van der Waals surface area contributed by atoms with Crippen molar-refractivity contribution in [1.82, 2.24) is 38.2 Å². The van der Waals surface area contributed by atoms with Gasteiger partial charge in [0.05, 0.1) is 13.2 Å². The summed E-state index contributed by atoms with van der Waals surface area (Å²) in [4.78, 5) is 63.1. The molecule has 10 N–H and O–H groups in total. The van der Waals surface area contributed by atoms with Crippen molar-refractivity contribution in [1.29, 1.82) is 0 Å². The number of nitrogens with two attached hydrogens (primary N) is 2. The summed E-state index contributed by atoms with van der Waals surface area (Å²) in [6.07, 6.45) is -5.25. The molecule has 22 heteroatoms. The van der Waals surface area contributed by atoms with E-state index in [1.165, 1.54) is 21.3 Å². The Morgan fingerprint density at radius 2 is 1.22 bits per heavy atom. The van der Waals surface area contributed by atoms with Gasteiger partial charge >= 0.3 is 11.4 Å². The maximum absolute atomic E-state index is 13.1. The second-order valence-corrected chi connectivity index (χ2v) is 12.4. The van der Waals surface area contributed by atoms with Gasteiger partial charge in [0.1, 0.15) is 36.6 Å². The van der Waals surface area contributed by atoms with Crippen molar-refractivity contribution in [2.24, 2.45) is 0 Å². The molecule has 0 saturated carbocycles. The maximum Gasteiger partial charge on any atom is 0.333 e. The van der Waals surface area contributed by atoms with Crippen molar-refractivity contribution >= 4 is 34.2 Å². The summed E-state index contributed by atoms with van der Waals surface area (Å²) in [7, 11) is 0.